The highest BCUT2D eigenvalue weighted by molar-refractivity contribution is 6.42. The van der Waals surface area contributed by atoms with E-state index in [4.69, 9.17) is 23.2 Å². The van der Waals surface area contributed by atoms with Gasteiger partial charge in [-0.15, -0.1) is 0 Å². The maximum absolute atomic E-state index is 12.8. The van der Waals surface area contributed by atoms with Gasteiger partial charge in [-0.25, -0.2) is 0 Å². The molecule has 2 fully saturated rings. The number of hydrogen-bond donors (Lipinski definition) is 1. The van der Waals surface area contributed by atoms with Crippen LogP contribution in [0, 0.1) is 13.8 Å². The van der Waals surface area contributed by atoms with Gasteiger partial charge in [-0.05, 0) is 49.9 Å². The molecule has 1 heterocycles. The zero-order chi connectivity index (χ0) is 24.1. The zero-order valence-corrected chi connectivity index (χ0v) is 22.0. The molecule has 4 nitrogen and oxygen atoms in total. The molecule has 2 aromatic rings. The molecule has 0 spiro atoms. The molecule has 1 saturated carbocycles. The molecule has 6 heteroatoms. The molecule has 4 rings (SSSR count). The Bertz CT molecular complexity index is 961. The lowest BCUT2D eigenvalue weighted by atomic mass is 9.93. The number of nitrogens with zero attached hydrogens (tertiary/aromatic N) is 2. The van der Waals surface area contributed by atoms with Crippen molar-refractivity contribution in [1.29, 1.82) is 0 Å². The molecular weight excluding hydrogens is 465 g/mol. The largest absolute Gasteiger partial charge is 0.354 e. The molecule has 0 bridgehead atoms. The third-order valence-corrected chi connectivity index (χ3v) is 8.09. The van der Waals surface area contributed by atoms with Crippen LogP contribution in [0.25, 0.3) is 0 Å². The van der Waals surface area contributed by atoms with Gasteiger partial charge in [-0.1, -0.05) is 77.9 Å². The van der Waals surface area contributed by atoms with E-state index in [9.17, 15) is 4.79 Å². The fraction of sp³-hybridized carbons (Fsp3) is 0.536. The first-order valence-corrected chi connectivity index (χ1v) is 13.4. The average Bonchev–Trinajstić information content (AvgIpc) is 2.82. The van der Waals surface area contributed by atoms with Gasteiger partial charge in [-0.3, -0.25) is 14.6 Å². The number of aryl methyl sites for hydroxylation is 2. The summed E-state index contributed by atoms with van der Waals surface area (Å²) in [4.78, 5) is 18.0. The van der Waals surface area contributed by atoms with Gasteiger partial charge in [0.25, 0.3) is 0 Å². The van der Waals surface area contributed by atoms with Crippen molar-refractivity contribution < 1.29 is 4.79 Å². The molecule has 1 N–H and O–H groups in total. The molecule has 1 aliphatic carbocycles. The van der Waals surface area contributed by atoms with Crippen molar-refractivity contribution in [3.05, 3.63) is 68.7 Å². The number of halogens is 2. The van der Waals surface area contributed by atoms with Crippen LogP contribution in [0.3, 0.4) is 0 Å². The van der Waals surface area contributed by atoms with E-state index >= 15 is 0 Å². The van der Waals surface area contributed by atoms with Crippen LogP contribution in [-0.4, -0.2) is 54.5 Å². The molecule has 184 valence electrons. The fourth-order valence-corrected chi connectivity index (χ4v) is 5.97. The van der Waals surface area contributed by atoms with Gasteiger partial charge in [0.05, 0.1) is 22.5 Å². The molecule has 1 aliphatic heterocycles. The number of carbonyl (C=O) groups is 1. The predicted molar refractivity (Wildman–Crippen MR) is 142 cm³/mol. The fourth-order valence-electron chi connectivity index (χ4n) is 5.67. The van der Waals surface area contributed by atoms with E-state index in [-0.39, 0.29) is 11.9 Å². The minimum Gasteiger partial charge on any atom is -0.354 e. The van der Waals surface area contributed by atoms with Gasteiger partial charge in [0.15, 0.2) is 0 Å². The number of carbonyl (C=O) groups excluding carboxylic acids is 1. The van der Waals surface area contributed by atoms with Crippen molar-refractivity contribution in [2.45, 2.75) is 64.5 Å². The first-order valence-electron chi connectivity index (χ1n) is 12.7. The summed E-state index contributed by atoms with van der Waals surface area (Å²) >= 11 is 12.6. The number of benzene rings is 2. The summed E-state index contributed by atoms with van der Waals surface area (Å²) in [5.41, 5.74) is 4.54. The predicted octanol–water partition coefficient (Wildman–Crippen LogP) is 5.96. The summed E-state index contributed by atoms with van der Waals surface area (Å²) in [7, 11) is 0. The summed E-state index contributed by atoms with van der Waals surface area (Å²) in [5.74, 6) is 0.0518. The lowest BCUT2D eigenvalue weighted by molar-refractivity contribution is -0.120. The first-order chi connectivity index (χ1) is 16.4. The Morgan fingerprint density at radius 3 is 2.26 bits per heavy atom. The summed E-state index contributed by atoms with van der Waals surface area (Å²) in [5, 5.41) is 4.33. The molecule has 0 aromatic heterocycles. The molecule has 34 heavy (non-hydrogen) atoms. The summed E-state index contributed by atoms with van der Waals surface area (Å²) < 4.78 is 0. The van der Waals surface area contributed by atoms with Gasteiger partial charge < -0.3 is 5.32 Å². The normalized spacial score (nSPS) is 19.2. The third-order valence-electron chi connectivity index (χ3n) is 7.35. The number of piperazine rings is 1. The van der Waals surface area contributed by atoms with Gasteiger partial charge in [0.2, 0.25) is 5.91 Å². The van der Waals surface area contributed by atoms with E-state index in [2.05, 4.69) is 47.2 Å². The van der Waals surface area contributed by atoms with E-state index in [0.29, 0.717) is 23.0 Å². The van der Waals surface area contributed by atoms with Crippen molar-refractivity contribution in [3.63, 3.8) is 0 Å². The van der Waals surface area contributed by atoms with Crippen LogP contribution in [0.2, 0.25) is 10.0 Å². The van der Waals surface area contributed by atoms with Gasteiger partial charge in [-0.2, -0.15) is 0 Å². The van der Waals surface area contributed by atoms with E-state index < -0.39 is 0 Å². The first kappa shape index (κ1) is 25.5. The molecule has 1 atom stereocenters. The molecule has 1 unspecified atom stereocenters. The molecule has 2 aromatic carbocycles. The standard InChI is InChI=1S/C28H37Cl2N3O/c1-20-14-21(2)16-22(15-20)17-28(34)31-19-27(23-8-9-25(29)26(30)18-23)33-12-10-32(11-13-33)24-6-4-3-5-7-24/h8-9,14-16,18,24,27H,3-7,10-13,17,19H2,1-2H3,(H,31,34). The van der Waals surface area contributed by atoms with Crippen molar-refractivity contribution >= 4 is 29.1 Å². The number of nitrogens with one attached hydrogen (secondary N) is 1. The molecule has 2 aliphatic rings. The maximum Gasteiger partial charge on any atom is 0.224 e. The topological polar surface area (TPSA) is 35.6 Å². The van der Waals surface area contributed by atoms with Gasteiger partial charge in [0, 0.05) is 38.8 Å². The van der Waals surface area contributed by atoms with Crippen LogP contribution >= 0.6 is 23.2 Å². The molecule has 1 amide bonds. The van der Waals surface area contributed by atoms with Crippen molar-refractivity contribution in [2.75, 3.05) is 32.7 Å². The van der Waals surface area contributed by atoms with Crippen LogP contribution in [0.15, 0.2) is 36.4 Å². The summed E-state index contributed by atoms with van der Waals surface area (Å²) in [6.45, 7) is 8.86. The summed E-state index contributed by atoms with van der Waals surface area (Å²) in [6, 6.07) is 13.0. The van der Waals surface area contributed by atoms with Crippen LogP contribution < -0.4 is 5.32 Å². The van der Waals surface area contributed by atoms with Crippen LogP contribution in [0.5, 0.6) is 0 Å². The Kier molecular flexibility index (Phi) is 8.92. The second-order valence-corrected chi connectivity index (χ2v) is 10.8. The zero-order valence-electron chi connectivity index (χ0n) is 20.5. The number of rotatable bonds is 7. The SMILES string of the molecule is Cc1cc(C)cc(CC(=O)NCC(c2ccc(Cl)c(Cl)c2)N2CCN(C3CCCCC3)CC2)c1. The highest BCUT2D eigenvalue weighted by Crippen LogP contribution is 2.30. The minimum atomic E-state index is 0.0518. The average molecular weight is 503 g/mol. The Balaban J connectivity index is 1.42. The Labute approximate surface area is 214 Å². The van der Waals surface area contributed by atoms with Gasteiger partial charge >= 0.3 is 0 Å². The quantitative estimate of drug-likeness (QED) is 0.508. The molecule has 0 radical (unpaired) electrons. The highest BCUT2D eigenvalue weighted by Gasteiger charge is 2.29. The third kappa shape index (κ3) is 6.75. The van der Waals surface area contributed by atoms with E-state index in [1.807, 2.05) is 18.2 Å². The minimum absolute atomic E-state index is 0.0518. The highest BCUT2D eigenvalue weighted by atomic mass is 35.5. The maximum atomic E-state index is 12.8. The smallest absolute Gasteiger partial charge is 0.224 e. The Morgan fingerprint density at radius 2 is 1.62 bits per heavy atom. The Morgan fingerprint density at radius 1 is 0.941 bits per heavy atom. The van der Waals surface area contributed by atoms with Crippen molar-refractivity contribution in [2.24, 2.45) is 0 Å². The lowest BCUT2D eigenvalue weighted by Gasteiger charge is -2.43. The monoisotopic (exact) mass is 501 g/mol. The molecule has 1 saturated heterocycles. The number of amides is 1. The lowest BCUT2D eigenvalue weighted by Crippen LogP contribution is -2.53. The number of hydrogen-bond acceptors (Lipinski definition) is 3. The molecular formula is C28H37Cl2N3O. The van der Waals surface area contributed by atoms with Crippen LogP contribution in [-0.2, 0) is 11.2 Å². The van der Waals surface area contributed by atoms with Crippen LogP contribution in [0.4, 0.5) is 0 Å². The van der Waals surface area contributed by atoms with E-state index in [0.717, 1.165) is 43.3 Å². The second-order valence-electron chi connectivity index (χ2n) is 10.0. The van der Waals surface area contributed by atoms with Gasteiger partial charge in [0.1, 0.15) is 0 Å². The Hall–Kier alpha value is -1.59. The van der Waals surface area contributed by atoms with Crippen LogP contribution in [0.1, 0.15) is 60.4 Å². The van der Waals surface area contributed by atoms with E-state index in [1.54, 1.807) is 0 Å². The summed E-state index contributed by atoms with van der Waals surface area (Å²) in [6.07, 6.45) is 7.19. The van der Waals surface area contributed by atoms with E-state index in [1.165, 1.54) is 43.2 Å². The second kappa shape index (κ2) is 11.9. The van der Waals surface area contributed by atoms with Crippen molar-refractivity contribution in [3.8, 4) is 0 Å². The van der Waals surface area contributed by atoms with Crippen molar-refractivity contribution in [1.82, 2.24) is 15.1 Å².